The van der Waals surface area contributed by atoms with Gasteiger partial charge in [-0.25, -0.2) is 13.6 Å². The van der Waals surface area contributed by atoms with Gasteiger partial charge in [-0.2, -0.15) is 0 Å². The Hall–Kier alpha value is -4.07. The van der Waals surface area contributed by atoms with E-state index in [-0.39, 0.29) is 18.7 Å². The third-order valence-electron chi connectivity index (χ3n) is 5.82. The van der Waals surface area contributed by atoms with Crippen LogP contribution in [-0.2, 0) is 28.2 Å². The number of halogens is 2. The van der Waals surface area contributed by atoms with Crippen LogP contribution in [0.2, 0.25) is 0 Å². The van der Waals surface area contributed by atoms with Crippen molar-refractivity contribution in [2.45, 2.75) is 25.6 Å². The van der Waals surface area contributed by atoms with Crippen molar-refractivity contribution in [2.24, 2.45) is 0 Å². The van der Waals surface area contributed by atoms with Crippen LogP contribution < -0.4 is 5.32 Å². The van der Waals surface area contributed by atoms with E-state index < -0.39 is 41.6 Å². The highest BCUT2D eigenvalue weighted by Crippen LogP contribution is 2.31. The predicted molar refractivity (Wildman–Crippen MR) is 121 cm³/mol. The fourth-order valence-electron chi connectivity index (χ4n) is 3.98. The Morgan fingerprint density at radius 1 is 0.912 bits per heavy atom. The predicted octanol–water partition coefficient (Wildman–Crippen LogP) is 3.96. The molecule has 0 saturated carbocycles. The smallest absolute Gasteiger partial charge is 0.325 e. The van der Waals surface area contributed by atoms with Crippen molar-refractivity contribution in [3.05, 3.63) is 107 Å². The summed E-state index contributed by atoms with van der Waals surface area (Å²) in [5.41, 5.74) is -0.356. The first-order chi connectivity index (χ1) is 16.3. The van der Waals surface area contributed by atoms with Crippen LogP contribution in [0.5, 0.6) is 0 Å². The van der Waals surface area contributed by atoms with E-state index >= 15 is 0 Å². The van der Waals surface area contributed by atoms with Crippen molar-refractivity contribution >= 4 is 17.8 Å². The molecule has 1 aliphatic rings. The first-order valence-corrected chi connectivity index (χ1v) is 10.7. The summed E-state index contributed by atoms with van der Waals surface area (Å²) in [6.07, 6.45) is 0. The van der Waals surface area contributed by atoms with E-state index in [4.69, 9.17) is 0 Å². The van der Waals surface area contributed by atoms with E-state index in [1.54, 1.807) is 4.90 Å². The topological polar surface area (TPSA) is 69.7 Å². The maximum Gasteiger partial charge on any atom is 0.325 e. The van der Waals surface area contributed by atoms with Crippen LogP contribution in [0, 0.1) is 11.6 Å². The van der Waals surface area contributed by atoms with Crippen molar-refractivity contribution in [1.82, 2.24) is 15.1 Å². The fourth-order valence-corrected chi connectivity index (χ4v) is 3.98. The Morgan fingerprint density at radius 2 is 1.47 bits per heavy atom. The number of carbonyl (C=O) groups excluding carboxylic acids is 3. The normalized spacial score (nSPS) is 17.6. The van der Waals surface area contributed by atoms with E-state index in [1.165, 1.54) is 6.92 Å². The molecule has 4 rings (SSSR count). The summed E-state index contributed by atoms with van der Waals surface area (Å²) in [5.74, 6) is -2.86. The van der Waals surface area contributed by atoms with Gasteiger partial charge in [-0.05, 0) is 36.2 Å². The second-order valence-electron chi connectivity index (χ2n) is 8.29. The SMILES string of the molecule is C[C@]1(c2cc(F)ccc2F)NC(=O)N(CC(=O)N(Cc2ccccc2)Cc2ccccc2)C1=O. The maximum atomic E-state index is 14.4. The van der Waals surface area contributed by atoms with Gasteiger partial charge in [-0.3, -0.25) is 14.5 Å². The van der Waals surface area contributed by atoms with Gasteiger partial charge in [-0.15, -0.1) is 0 Å². The molecule has 0 unspecified atom stereocenters. The number of imide groups is 1. The second kappa shape index (κ2) is 9.43. The summed E-state index contributed by atoms with van der Waals surface area (Å²) in [6.45, 7) is 1.31. The van der Waals surface area contributed by atoms with Crippen LogP contribution in [0.25, 0.3) is 0 Å². The number of rotatable bonds is 7. The number of carbonyl (C=O) groups is 3. The largest absolute Gasteiger partial charge is 0.332 e. The lowest BCUT2D eigenvalue weighted by Gasteiger charge is -2.26. The highest BCUT2D eigenvalue weighted by atomic mass is 19.1. The van der Waals surface area contributed by atoms with E-state index in [2.05, 4.69) is 5.32 Å². The lowest BCUT2D eigenvalue weighted by Crippen LogP contribution is -2.44. The Labute approximate surface area is 195 Å². The molecule has 0 bridgehead atoms. The number of nitrogens with one attached hydrogen (secondary N) is 1. The van der Waals surface area contributed by atoms with Gasteiger partial charge in [0.05, 0.1) is 0 Å². The number of benzene rings is 3. The Morgan fingerprint density at radius 3 is 2.03 bits per heavy atom. The van der Waals surface area contributed by atoms with Crippen LogP contribution in [-0.4, -0.2) is 34.2 Å². The molecule has 3 aromatic rings. The van der Waals surface area contributed by atoms with E-state index in [0.717, 1.165) is 34.2 Å². The molecule has 1 heterocycles. The van der Waals surface area contributed by atoms with Gasteiger partial charge in [0, 0.05) is 18.7 Å². The molecule has 0 spiro atoms. The second-order valence-corrected chi connectivity index (χ2v) is 8.29. The van der Waals surface area contributed by atoms with Gasteiger partial charge in [0.15, 0.2) is 0 Å². The fraction of sp³-hybridized carbons (Fsp3) is 0.192. The zero-order valence-electron chi connectivity index (χ0n) is 18.5. The van der Waals surface area contributed by atoms with Gasteiger partial charge < -0.3 is 10.2 Å². The van der Waals surface area contributed by atoms with E-state index in [0.29, 0.717) is 0 Å². The Bertz CT molecular complexity index is 1180. The third kappa shape index (κ3) is 4.66. The molecule has 0 aromatic heterocycles. The van der Waals surface area contributed by atoms with Crippen molar-refractivity contribution in [1.29, 1.82) is 0 Å². The van der Waals surface area contributed by atoms with Crippen molar-refractivity contribution in [3.8, 4) is 0 Å². The van der Waals surface area contributed by atoms with Gasteiger partial charge >= 0.3 is 6.03 Å². The van der Waals surface area contributed by atoms with Crippen LogP contribution in [0.3, 0.4) is 0 Å². The minimum atomic E-state index is -1.83. The average molecular weight is 463 g/mol. The molecule has 8 heteroatoms. The molecule has 174 valence electrons. The zero-order valence-corrected chi connectivity index (χ0v) is 18.5. The summed E-state index contributed by atoms with van der Waals surface area (Å²) in [7, 11) is 0. The molecule has 3 aromatic carbocycles. The monoisotopic (exact) mass is 463 g/mol. The quantitative estimate of drug-likeness (QED) is 0.540. The Balaban J connectivity index is 1.57. The summed E-state index contributed by atoms with van der Waals surface area (Å²) in [5, 5.41) is 2.42. The maximum absolute atomic E-state index is 14.4. The zero-order chi connectivity index (χ0) is 24.3. The molecule has 6 nitrogen and oxygen atoms in total. The first-order valence-electron chi connectivity index (χ1n) is 10.7. The van der Waals surface area contributed by atoms with Gasteiger partial charge in [-0.1, -0.05) is 60.7 Å². The molecular weight excluding hydrogens is 440 g/mol. The number of urea groups is 1. The van der Waals surface area contributed by atoms with E-state index in [1.807, 2.05) is 60.7 Å². The lowest BCUT2D eigenvalue weighted by molar-refractivity contribution is -0.139. The molecule has 0 aliphatic carbocycles. The highest BCUT2D eigenvalue weighted by molar-refractivity contribution is 6.09. The van der Waals surface area contributed by atoms with Crippen molar-refractivity contribution < 1.29 is 23.2 Å². The van der Waals surface area contributed by atoms with Gasteiger partial charge in [0.1, 0.15) is 23.7 Å². The molecule has 0 radical (unpaired) electrons. The molecule has 1 N–H and O–H groups in total. The minimum Gasteiger partial charge on any atom is -0.332 e. The average Bonchev–Trinajstić information content (AvgIpc) is 3.05. The standard InChI is InChI=1S/C26H23F2N3O3/c1-26(21-14-20(27)12-13-22(21)28)24(33)31(25(34)29-26)17-23(32)30(15-18-8-4-2-5-9-18)16-19-10-6-3-7-11-19/h2-14H,15-17H2,1H3,(H,29,34)/t26-/m1/s1. The molecule has 1 aliphatic heterocycles. The number of amides is 4. The van der Waals surface area contributed by atoms with Crippen molar-refractivity contribution in [3.63, 3.8) is 0 Å². The van der Waals surface area contributed by atoms with Crippen LogP contribution >= 0.6 is 0 Å². The molecule has 1 fully saturated rings. The minimum absolute atomic E-state index is 0.272. The van der Waals surface area contributed by atoms with Crippen molar-refractivity contribution in [2.75, 3.05) is 6.54 Å². The molecule has 4 amide bonds. The number of hydrogen-bond donors (Lipinski definition) is 1. The first kappa shape index (κ1) is 23.1. The number of nitrogens with zero attached hydrogens (tertiary/aromatic N) is 2. The molecule has 1 saturated heterocycles. The van der Waals surface area contributed by atoms with Crippen LogP contribution in [0.4, 0.5) is 13.6 Å². The highest BCUT2D eigenvalue weighted by Gasteiger charge is 2.51. The van der Waals surface area contributed by atoms with Crippen LogP contribution in [0.15, 0.2) is 78.9 Å². The van der Waals surface area contributed by atoms with Crippen LogP contribution in [0.1, 0.15) is 23.6 Å². The lowest BCUT2D eigenvalue weighted by atomic mass is 9.91. The summed E-state index contributed by atoms with van der Waals surface area (Å²) < 4.78 is 28.2. The Kier molecular flexibility index (Phi) is 6.40. The van der Waals surface area contributed by atoms with Gasteiger partial charge in [0.2, 0.25) is 5.91 Å². The van der Waals surface area contributed by atoms with Gasteiger partial charge in [0.25, 0.3) is 5.91 Å². The summed E-state index contributed by atoms with van der Waals surface area (Å²) >= 11 is 0. The number of hydrogen-bond acceptors (Lipinski definition) is 3. The summed E-state index contributed by atoms with van der Waals surface area (Å²) in [4.78, 5) is 41.4. The molecular formula is C26H23F2N3O3. The summed E-state index contributed by atoms with van der Waals surface area (Å²) in [6, 6.07) is 20.5. The molecule has 1 atom stereocenters. The molecule has 34 heavy (non-hydrogen) atoms. The van der Waals surface area contributed by atoms with E-state index in [9.17, 15) is 23.2 Å². The third-order valence-corrected chi connectivity index (χ3v) is 5.82.